The van der Waals surface area contributed by atoms with Crippen LogP contribution < -0.4 is 14.8 Å². The summed E-state index contributed by atoms with van der Waals surface area (Å²) >= 11 is 5.83. The van der Waals surface area contributed by atoms with Crippen LogP contribution in [-0.2, 0) is 0 Å². The van der Waals surface area contributed by atoms with Gasteiger partial charge in [-0.2, -0.15) is 5.10 Å². The molecule has 1 amide bonds. The summed E-state index contributed by atoms with van der Waals surface area (Å²) in [6.07, 6.45) is 0. The molecule has 1 heterocycles. The fourth-order valence-corrected chi connectivity index (χ4v) is 2.37. The van der Waals surface area contributed by atoms with Crippen molar-refractivity contribution in [2.24, 2.45) is 0 Å². The number of fused-ring (bicyclic) bond motifs is 1. The Balaban J connectivity index is 1.95. The van der Waals surface area contributed by atoms with Crippen molar-refractivity contribution < 1.29 is 14.3 Å². The van der Waals surface area contributed by atoms with Gasteiger partial charge in [-0.3, -0.25) is 9.89 Å². The highest BCUT2D eigenvalue weighted by atomic mass is 35.5. The Morgan fingerprint density at radius 3 is 2.43 bits per heavy atom. The number of amides is 1. The molecule has 0 spiro atoms. The first-order valence-electron chi connectivity index (χ1n) is 6.79. The highest BCUT2D eigenvalue weighted by Crippen LogP contribution is 2.32. The van der Waals surface area contributed by atoms with Gasteiger partial charge in [0.05, 0.1) is 19.7 Å². The van der Waals surface area contributed by atoms with Crippen LogP contribution >= 0.6 is 11.6 Å². The van der Waals surface area contributed by atoms with Gasteiger partial charge in [-0.05, 0) is 30.3 Å². The zero-order valence-corrected chi connectivity index (χ0v) is 13.3. The van der Waals surface area contributed by atoms with Gasteiger partial charge in [0.25, 0.3) is 5.91 Å². The number of carbonyl (C=O) groups is 1. The maximum absolute atomic E-state index is 12.4. The van der Waals surface area contributed by atoms with Gasteiger partial charge in [-0.1, -0.05) is 11.6 Å². The molecule has 3 aromatic rings. The van der Waals surface area contributed by atoms with Crippen LogP contribution in [-0.4, -0.2) is 30.3 Å². The smallest absolute Gasteiger partial charge is 0.276 e. The van der Waals surface area contributed by atoms with Crippen LogP contribution in [0.1, 0.15) is 10.5 Å². The molecular formula is C16H14ClN3O3. The van der Waals surface area contributed by atoms with Crippen molar-refractivity contribution in [1.82, 2.24) is 10.2 Å². The first-order chi connectivity index (χ1) is 11.1. The summed E-state index contributed by atoms with van der Waals surface area (Å²) < 4.78 is 10.5. The molecule has 3 rings (SSSR count). The lowest BCUT2D eigenvalue weighted by Crippen LogP contribution is -2.12. The summed E-state index contributed by atoms with van der Waals surface area (Å²) in [5.74, 6) is 0.765. The maximum atomic E-state index is 12.4. The standard InChI is InChI=1S/C16H14ClN3O3/c1-22-13-7-11-12(8-14(13)23-2)19-20-15(11)16(21)18-10-5-3-9(17)4-6-10/h3-8H,1-2H3,(H,18,21)(H,19,20). The summed E-state index contributed by atoms with van der Waals surface area (Å²) in [5.41, 5.74) is 1.59. The first kappa shape index (κ1) is 15.2. The topological polar surface area (TPSA) is 76.2 Å². The molecule has 0 saturated heterocycles. The number of anilines is 1. The number of rotatable bonds is 4. The largest absolute Gasteiger partial charge is 0.493 e. The number of hydrogen-bond acceptors (Lipinski definition) is 4. The third kappa shape index (κ3) is 2.93. The first-order valence-corrected chi connectivity index (χ1v) is 7.17. The maximum Gasteiger partial charge on any atom is 0.276 e. The second-order valence-corrected chi connectivity index (χ2v) is 5.22. The Morgan fingerprint density at radius 1 is 1.13 bits per heavy atom. The van der Waals surface area contributed by atoms with Crippen LogP contribution in [0.3, 0.4) is 0 Å². The molecule has 6 nitrogen and oxygen atoms in total. The van der Waals surface area contributed by atoms with Gasteiger partial charge < -0.3 is 14.8 Å². The van der Waals surface area contributed by atoms with Crippen LogP contribution in [0.2, 0.25) is 5.02 Å². The third-order valence-corrected chi connectivity index (χ3v) is 3.64. The molecule has 0 atom stereocenters. The van der Waals surface area contributed by atoms with Crippen LogP contribution in [0.5, 0.6) is 11.5 Å². The summed E-state index contributed by atoms with van der Waals surface area (Å²) in [6, 6.07) is 10.3. The average molecular weight is 332 g/mol. The van der Waals surface area contributed by atoms with Crippen molar-refractivity contribution in [2.45, 2.75) is 0 Å². The number of aromatic nitrogens is 2. The van der Waals surface area contributed by atoms with E-state index >= 15 is 0 Å². The van der Waals surface area contributed by atoms with E-state index in [1.54, 1.807) is 43.5 Å². The van der Waals surface area contributed by atoms with Gasteiger partial charge in [0, 0.05) is 22.2 Å². The zero-order valence-electron chi connectivity index (χ0n) is 12.5. The summed E-state index contributed by atoms with van der Waals surface area (Å²) in [4.78, 5) is 12.4. The lowest BCUT2D eigenvalue weighted by molar-refractivity contribution is 0.102. The number of methoxy groups -OCH3 is 2. The minimum absolute atomic E-state index is 0.274. The van der Waals surface area contributed by atoms with Gasteiger partial charge in [0.15, 0.2) is 17.2 Å². The minimum Gasteiger partial charge on any atom is -0.493 e. The van der Waals surface area contributed by atoms with Crippen molar-refractivity contribution in [3.8, 4) is 11.5 Å². The van der Waals surface area contributed by atoms with Crippen LogP contribution in [0.15, 0.2) is 36.4 Å². The predicted octanol–water partition coefficient (Wildman–Crippen LogP) is 3.49. The van der Waals surface area contributed by atoms with E-state index in [1.807, 2.05) is 0 Å². The van der Waals surface area contributed by atoms with Gasteiger partial charge in [0.1, 0.15) is 0 Å². The number of hydrogen-bond donors (Lipinski definition) is 2. The molecule has 0 aliphatic heterocycles. The molecule has 7 heteroatoms. The molecule has 0 radical (unpaired) electrons. The van der Waals surface area contributed by atoms with E-state index in [4.69, 9.17) is 21.1 Å². The molecule has 2 aromatic carbocycles. The number of nitrogens with one attached hydrogen (secondary N) is 2. The van der Waals surface area contributed by atoms with Crippen LogP contribution in [0, 0.1) is 0 Å². The molecule has 0 aliphatic rings. The van der Waals surface area contributed by atoms with Crippen molar-refractivity contribution in [2.75, 3.05) is 19.5 Å². The van der Waals surface area contributed by atoms with Gasteiger partial charge in [0.2, 0.25) is 0 Å². The van der Waals surface area contributed by atoms with Gasteiger partial charge >= 0.3 is 0 Å². The quantitative estimate of drug-likeness (QED) is 0.767. The van der Waals surface area contributed by atoms with Crippen molar-refractivity contribution >= 4 is 34.1 Å². The molecule has 0 unspecified atom stereocenters. The predicted molar refractivity (Wildman–Crippen MR) is 88.6 cm³/mol. The molecule has 0 saturated carbocycles. The Morgan fingerprint density at radius 2 is 1.78 bits per heavy atom. The highest BCUT2D eigenvalue weighted by Gasteiger charge is 2.17. The van der Waals surface area contributed by atoms with E-state index in [9.17, 15) is 4.79 Å². The van der Waals surface area contributed by atoms with E-state index in [0.717, 1.165) is 0 Å². The lowest BCUT2D eigenvalue weighted by atomic mass is 10.1. The molecule has 2 N–H and O–H groups in total. The zero-order chi connectivity index (χ0) is 16.4. The second-order valence-electron chi connectivity index (χ2n) is 4.79. The van der Waals surface area contributed by atoms with E-state index in [1.165, 1.54) is 7.11 Å². The highest BCUT2D eigenvalue weighted by molar-refractivity contribution is 6.30. The molecule has 0 bridgehead atoms. The van der Waals surface area contributed by atoms with E-state index in [0.29, 0.717) is 33.1 Å². The summed E-state index contributed by atoms with van der Waals surface area (Å²) in [6.45, 7) is 0. The number of benzene rings is 2. The number of halogens is 1. The Bertz CT molecular complexity index is 859. The molecular weight excluding hydrogens is 318 g/mol. The van der Waals surface area contributed by atoms with Crippen molar-refractivity contribution in [1.29, 1.82) is 0 Å². The summed E-state index contributed by atoms with van der Waals surface area (Å²) in [5, 5.41) is 10.9. The SMILES string of the molecule is COc1cc2[nH]nc(C(=O)Nc3ccc(Cl)cc3)c2cc1OC. The summed E-state index contributed by atoms with van der Waals surface area (Å²) in [7, 11) is 3.09. The van der Waals surface area contributed by atoms with E-state index in [-0.39, 0.29) is 11.6 Å². The number of nitrogens with zero attached hydrogens (tertiary/aromatic N) is 1. The Kier molecular flexibility index (Phi) is 4.08. The molecule has 23 heavy (non-hydrogen) atoms. The molecule has 118 valence electrons. The number of ether oxygens (including phenoxy) is 2. The fourth-order valence-electron chi connectivity index (χ4n) is 2.24. The molecule has 0 aliphatic carbocycles. The van der Waals surface area contributed by atoms with Gasteiger partial charge in [-0.25, -0.2) is 0 Å². The van der Waals surface area contributed by atoms with E-state index in [2.05, 4.69) is 15.5 Å². The second kappa shape index (κ2) is 6.18. The Hall–Kier alpha value is -2.73. The molecule has 1 aromatic heterocycles. The molecule has 0 fully saturated rings. The third-order valence-electron chi connectivity index (χ3n) is 3.38. The van der Waals surface area contributed by atoms with Crippen LogP contribution in [0.25, 0.3) is 10.9 Å². The Labute approximate surface area is 137 Å². The van der Waals surface area contributed by atoms with E-state index < -0.39 is 0 Å². The fraction of sp³-hybridized carbons (Fsp3) is 0.125. The number of aromatic amines is 1. The van der Waals surface area contributed by atoms with Crippen LogP contribution in [0.4, 0.5) is 5.69 Å². The van der Waals surface area contributed by atoms with Gasteiger partial charge in [-0.15, -0.1) is 0 Å². The normalized spacial score (nSPS) is 10.6. The lowest BCUT2D eigenvalue weighted by Gasteiger charge is -2.07. The van der Waals surface area contributed by atoms with Crippen molar-refractivity contribution in [3.63, 3.8) is 0 Å². The number of carbonyl (C=O) groups excluding carboxylic acids is 1. The monoisotopic (exact) mass is 331 g/mol. The van der Waals surface area contributed by atoms with Crippen molar-refractivity contribution in [3.05, 3.63) is 47.1 Å². The average Bonchev–Trinajstić information content (AvgIpc) is 2.98. The number of H-pyrrole nitrogens is 1. The minimum atomic E-state index is -0.328.